The van der Waals surface area contributed by atoms with Gasteiger partial charge >= 0.3 is 0 Å². The van der Waals surface area contributed by atoms with Gasteiger partial charge in [0.2, 0.25) is 0 Å². The van der Waals surface area contributed by atoms with Crippen LogP contribution in [-0.4, -0.2) is 11.7 Å². The second kappa shape index (κ2) is 4.42. The van der Waals surface area contributed by atoms with E-state index in [2.05, 4.69) is 19.1 Å². The monoisotopic (exact) mass is 158 g/mol. The highest BCUT2D eigenvalue weighted by atomic mass is 35.5. The molecule has 1 nitrogen and oxygen atoms in total. The molecular formula is C8H11ClO. The van der Waals surface area contributed by atoms with Gasteiger partial charge in [-0.3, -0.25) is 0 Å². The standard InChI is InChI=1S/C8H11O.ClH/c1-7-2-3-8(6-7)4-5-9;/h2-3,6,9H,4-5H2,1H3;1H/q+1;/p-1. The van der Waals surface area contributed by atoms with Crippen LogP contribution >= 0.6 is 0 Å². The minimum atomic E-state index is 0. The molecule has 0 unspecified atom stereocenters. The third-order valence-corrected chi connectivity index (χ3v) is 1.37. The van der Waals surface area contributed by atoms with Crippen molar-refractivity contribution in [3.8, 4) is 0 Å². The Labute approximate surface area is 67.9 Å². The van der Waals surface area contributed by atoms with Crippen LogP contribution in [0.5, 0.6) is 0 Å². The molecule has 0 saturated carbocycles. The molecule has 0 bridgehead atoms. The molecule has 2 heteroatoms. The van der Waals surface area contributed by atoms with Crippen LogP contribution in [0.15, 0.2) is 23.8 Å². The molecule has 0 aliphatic heterocycles. The minimum absolute atomic E-state index is 0. The maximum absolute atomic E-state index is 8.53. The van der Waals surface area contributed by atoms with Gasteiger partial charge in [-0.05, 0) is 0 Å². The van der Waals surface area contributed by atoms with Crippen molar-refractivity contribution in [1.29, 1.82) is 0 Å². The smallest absolute Gasteiger partial charge is 0.0957 e. The van der Waals surface area contributed by atoms with Gasteiger partial charge in [-0.15, -0.1) is 0 Å². The van der Waals surface area contributed by atoms with E-state index in [0.717, 1.165) is 6.42 Å². The summed E-state index contributed by atoms with van der Waals surface area (Å²) >= 11 is 0. The zero-order valence-corrected chi connectivity index (χ0v) is 6.73. The van der Waals surface area contributed by atoms with Gasteiger partial charge in [0.05, 0.1) is 42.7 Å². The molecule has 1 aliphatic carbocycles. The predicted octanol–water partition coefficient (Wildman–Crippen LogP) is -1.54. The van der Waals surface area contributed by atoms with Crippen LogP contribution in [0.1, 0.15) is 13.3 Å². The molecule has 0 atom stereocenters. The van der Waals surface area contributed by atoms with Gasteiger partial charge in [0.15, 0.2) is 0 Å². The lowest BCUT2D eigenvalue weighted by molar-refractivity contribution is -0.00000310. The molecule has 1 N–H and O–H groups in total. The summed E-state index contributed by atoms with van der Waals surface area (Å²) < 4.78 is 0. The topological polar surface area (TPSA) is 20.2 Å². The normalized spacial score (nSPS) is 15.0. The van der Waals surface area contributed by atoms with Crippen LogP contribution in [-0.2, 0) is 0 Å². The van der Waals surface area contributed by atoms with E-state index in [-0.39, 0.29) is 19.0 Å². The fourth-order valence-corrected chi connectivity index (χ4v) is 0.912. The van der Waals surface area contributed by atoms with Crippen molar-refractivity contribution in [1.82, 2.24) is 0 Å². The summed E-state index contributed by atoms with van der Waals surface area (Å²) in [6, 6.07) is 0. The van der Waals surface area contributed by atoms with Gasteiger partial charge in [-0.2, -0.15) is 0 Å². The van der Waals surface area contributed by atoms with Crippen molar-refractivity contribution in [3.63, 3.8) is 0 Å². The second-order valence-corrected chi connectivity index (χ2v) is 2.27. The molecule has 0 radical (unpaired) electrons. The Morgan fingerprint density at radius 2 is 2.30 bits per heavy atom. The van der Waals surface area contributed by atoms with Crippen molar-refractivity contribution in [2.45, 2.75) is 13.3 Å². The third-order valence-electron chi connectivity index (χ3n) is 1.37. The Morgan fingerprint density at radius 3 is 2.70 bits per heavy atom. The molecule has 0 aromatic rings. The number of rotatable bonds is 2. The van der Waals surface area contributed by atoms with E-state index < -0.39 is 0 Å². The van der Waals surface area contributed by atoms with Crippen molar-refractivity contribution in [2.75, 3.05) is 6.61 Å². The first-order valence-electron chi connectivity index (χ1n) is 3.16. The number of halogens is 1. The number of hydrogen-bond acceptors (Lipinski definition) is 1. The fourth-order valence-electron chi connectivity index (χ4n) is 0.912. The number of allylic oxidation sites excluding steroid dienone is 3. The Hall–Kier alpha value is -0.400. The van der Waals surface area contributed by atoms with Crippen LogP contribution < -0.4 is 12.4 Å². The highest BCUT2D eigenvalue weighted by molar-refractivity contribution is 5.39. The molecule has 0 aromatic carbocycles. The van der Waals surface area contributed by atoms with Crippen molar-refractivity contribution >= 4 is 0 Å². The SMILES string of the molecule is C[C+]1C=CC(CCO)=C1.[Cl-]. The average molecular weight is 159 g/mol. The molecule has 56 valence electrons. The van der Waals surface area contributed by atoms with Gasteiger partial charge in [-0.1, -0.05) is 0 Å². The van der Waals surface area contributed by atoms with Gasteiger partial charge < -0.3 is 17.5 Å². The number of hydrogen-bond donors (Lipinski definition) is 1. The van der Waals surface area contributed by atoms with E-state index in [1.807, 2.05) is 6.08 Å². The molecule has 1 aliphatic rings. The van der Waals surface area contributed by atoms with E-state index in [4.69, 9.17) is 5.11 Å². The zero-order chi connectivity index (χ0) is 6.69. The first-order chi connectivity index (χ1) is 4.33. The summed E-state index contributed by atoms with van der Waals surface area (Å²) in [6.45, 7) is 2.31. The molecule has 0 fully saturated rings. The largest absolute Gasteiger partial charge is 1.00 e. The van der Waals surface area contributed by atoms with Crippen LogP contribution in [0, 0.1) is 5.92 Å². The first kappa shape index (κ1) is 9.60. The fraction of sp³-hybridized carbons (Fsp3) is 0.375. The summed E-state index contributed by atoms with van der Waals surface area (Å²) in [7, 11) is 0. The summed E-state index contributed by atoms with van der Waals surface area (Å²) in [6.07, 6.45) is 6.99. The lowest BCUT2D eigenvalue weighted by Gasteiger charge is -1.83. The van der Waals surface area contributed by atoms with E-state index in [0.29, 0.717) is 0 Å². The van der Waals surface area contributed by atoms with E-state index in [1.54, 1.807) is 0 Å². The first-order valence-corrected chi connectivity index (χ1v) is 3.16. The maximum atomic E-state index is 8.53. The molecule has 1 rings (SSSR count). The quantitative estimate of drug-likeness (QED) is 0.484. The van der Waals surface area contributed by atoms with E-state index in [9.17, 15) is 0 Å². The van der Waals surface area contributed by atoms with Gasteiger partial charge in [-0.25, -0.2) is 0 Å². The summed E-state index contributed by atoms with van der Waals surface area (Å²) in [5.41, 5.74) is 1.23. The lowest BCUT2D eigenvalue weighted by atomic mass is 10.2. The average Bonchev–Trinajstić information content (AvgIpc) is 2.17. The molecule has 0 heterocycles. The van der Waals surface area contributed by atoms with Crippen LogP contribution in [0.3, 0.4) is 0 Å². The predicted molar refractivity (Wildman–Crippen MR) is 37.8 cm³/mol. The van der Waals surface area contributed by atoms with Crippen LogP contribution in [0.25, 0.3) is 0 Å². The zero-order valence-electron chi connectivity index (χ0n) is 5.97. The summed E-state index contributed by atoms with van der Waals surface area (Å²) in [4.78, 5) is 0. The molecule has 10 heavy (non-hydrogen) atoms. The van der Waals surface area contributed by atoms with Gasteiger partial charge in [0.25, 0.3) is 0 Å². The van der Waals surface area contributed by atoms with E-state index in [1.165, 1.54) is 11.5 Å². The van der Waals surface area contributed by atoms with E-state index >= 15 is 0 Å². The maximum Gasteiger partial charge on any atom is 0.0957 e. The van der Waals surface area contributed by atoms with Crippen molar-refractivity contribution in [2.24, 2.45) is 0 Å². The van der Waals surface area contributed by atoms with Gasteiger partial charge in [0, 0.05) is 6.92 Å². The second-order valence-electron chi connectivity index (χ2n) is 2.27. The highest BCUT2D eigenvalue weighted by Crippen LogP contribution is 2.18. The molecule has 0 amide bonds. The molecule has 0 saturated heterocycles. The number of aliphatic hydroxyl groups excluding tert-OH is 1. The van der Waals surface area contributed by atoms with Crippen molar-refractivity contribution < 1.29 is 17.5 Å². The number of aliphatic hydroxyl groups is 1. The Balaban J connectivity index is 0.000000810. The summed E-state index contributed by atoms with van der Waals surface area (Å²) in [5, 5.41) is 8.53. The lowest BCUT2D eigenvalue weighted by Crippen LogP contribution is -3.00. The van der Waals surface area contributed by atoms with Crippen molar-refractivity contribution in [3.05, 3.63) is 29.7 Å². The molecular weight excluding hydrogens is 148 g/mol. The van der Waals surface area contributed by atoms with Crippen LogP contribution in [0.2, 0.25) is 0 Å². The minimum Gasteiger partial charge on any atom is -1.00 e. The highest BCUT2D eigenvalue weighted by Gasteiger charge is 2.12. The van der Waals surface area contributed by atoms with Gasteiger partial charge in [0.1, 0.15) is 0 Å². The third kappa shape index (κ3) is 2.46. The Bertz CT molecular complexity index is 149. The molecule has 0 spiro atoms. The Kier molecular flexibility index (Phi) is 4.24. The summed E-state index contributed by atoms with van der Waals surface area (Å²) in [5.74, 6) is 1.28. The van der Waals surface area contributed by atoms with Crippen LogP contribution in [0.4, 0.5) is 0 Å². The Morgan fingerprint density at radius 1 is 1.60 bits per heavy atom. The molecule has 0 aromatic heterocycles.